The molecule has 0 unspecified atom stereocenters. The smallest absolute Gasteiger partial charge is 0.277 e. The number of halogens is 1. The van der Waals surface area contributed by atoms with Gasteiger partial charge >= 0.3 is 0 Å². The molecule has 2 aromatic rings. The summed E-state index contributed by atoms with van der Waals surface area (Å²) in [5.41, 5.74) is 3.43. The van der Waals surface area contributed by atoms with Crippen LogP contribution in [0.5, 0.6) is 5.75 Å². The molecule has 1 amide bonds. The highest BCUT2D eigenvalue weighted by molar-refractivity contribution is 6.30. The fourth-order valence-electron chi connectivity index (χ4n) is 1.61. The summed E-state index contributed by atoms with van der Waals surface area (Å²) in [6.45, 7) is -0.125. The van der Waals surface area contributed by atoms with Crippen LogP contribution in [0.25, 0.3) is 6.08 Å². The summed E-state index contributed by atoms with van der Waals surface area (Å²) in [6, 6.07) is 16.7. The van der Waals surface area contributed by atoms with Gasteiger partial charge in [0.05, 0.1) is 0 Å². The summed E-state index contributed by atoms with van der Waals surface area (Å²) in [5.74, 6) is 0.194. The van der Waals surface area contributed by atoms with Crippen molar-refractivity contribution in [3.63, 3.8) is 0 Å². The van der Waals surface area contributed by atoms with Crippen molar-refractivity contribution < 1.29 is 9.53 Å². The molecule has 0 bridgehead atoms. The van der Waals surface area contributed by atoms with E-state index in [1.807, 2.05) is 36.4 Å². The number of amides is 1. The molecule has 22 heavy (non-hydrogen) atoms. The largest absolute Gasteiger partial charge is 0.484 e. The van der Waals surface area contributed by atoms with Gasteiger partial charge in [0, 0.05) is 11.2 Å². The normalized spacial score (nSPS) is 11.0. The average Bonchev–Trinajstić information content (AvgIpc) is 2.54. The van der Waals surface area contributed by atoms with Gasteiger partial charge in [0.15, 0.2) is 6.61 Å². The van der Waals surface area contributed by atoms with Crippen LogP contribution >= 0.6 is 11.6 Å². The predicted molar refractivity (Wildman–Crippen MR) is 89.1 cm³/mol. The van der Waals surface area contributed by atoms with Crippen LogP contribution in [-0.2, 0) is 4.79 Å². The van der Waals surface area contributed by atoms with Crippen molar-refractivity contribution in [3.05, 3.63) is 71.3 Å². The maximum absolute atomic E-state index is 11.5. The second-order valence-corrected chi connectivity index (χ2v) is 4.77. The molecule has 5 heteroatoms. The molecule has 0 aliphatic rings. The first-order valence-electron chi connectivity index (χ1n) is 6.66. The minimum atomic E-state index is -0.343. The van der Waals surface area contributed by atoms with E-state index in [-0.39, 0.29) is 12.5 Å². The van der Waals surface area contributed by atoms with Gasteiger partial charge in [-0.15, -0.1) is 0 Å². The Morgan fingerprint density at radius 3 is 2.77 bits per heavy atom. The summed E-state index contributed by atoms with van der Waals surface area (Å²) in [4.78, 5) is 11.5. The molecule has 0 aliphatic heterocycles. The molecule has 2 aromatic carbocycles. The highest BCUT2D eigenvalue weighted by Gasteiger charge is 2.01. The van der Waals surface area contributed by atoms with Gasteiger partial charge in [-0.05, 0) is 29.8 Å². The number of benzene rings is 2. The van der Waals surface area contributed by atoms with E-state index in [4.69, 9.17) is 16.3 Å². The third-order valence-electron chi connectivity index (χ3n) is 2.60. The first-order valence-corrected chi connectivity index (χ1v) is 7.04. The SMILES string of the molecule is O=C(COc1cccc(Cl)c1)NN=C/C=C/c1ccccc1. The molecule has 0 saturated carbocycles. The number of nitrogens with one attached hydrogen (secondary N) is 1. The quantitative estimate of drug-likeness (QED) is 0.655. The van der Waals surface area contributed by atoms with Crippen molar-refractivity contribution in [2.75, 3.05) is 6.61 Å². The molecule has 0 aliphatic carbocycles. The number of allylic oxidation sites excluding steroid dienone is 1. The predicted octanol–water partition coefficient (Wildman–Crippen LogP) is 3.53. The van der Waals surface area contributed by atoms with Crippen LogP contribution in [0.15, 0.2) is 65.8 Å². The van der Waals surface area contributed by atoms with Crippen LogP contribution in [0.2, 0.25) is 5.02 Å². The van der Waals surface area contributed by atoms with Gasteiger partial charge in [-0.25, -0.2) is 5.43 Å². The lowest BCUT2D eigenvalue weighted by atomic mass is 10.2. The van der Waals surface area contributed by atoms with Crippen LogP contribution < -0.4 is 10.2 Å². The fourth-order valence-corrected chi connectivity index (χ4v) is 1.79. The Labute approximate surface area is 134 Å². The summed E-state index contributed by atoms with van der Waals surface area (Å²) in [7, 11) is 0. The van der Waals surface area contributed by atoms with E-state index in [1.165, 1.54) is 6.21 Å². The zero-order chi connectivity index (χ0) is 15.6. The van der Waals surface area contributed by atoms with Gasteiger partial charge in [-0.3, -0.25) is 4.79 Å². The van der Waals surface area contributed by atoms with Crippen molar-refractivity contribution in [3.8, 4) is 5.75 Å². The number of carbonyl (C=O) groups is 1. The zero-order valence-electron chi connectivity index (χ0n) is 11.8. The Bertz CT molecular complexity index is 669. The van der Waals surface area contributed by atoms with Crippen molar-refractivity contribution in [1.82, 2.24) is 5.43 Å². The maximum atomic E-state index is 11.5. The highest BCUT2D eigenvalue weighted by atomic mass is 35.5. The Morgan fingerprint density at radius 1 is 1.18 bits per heavy atom. The Balaban J connectivity index is 1.71. The van der Waals surface area contributed by atoms with E-state index in [1.54, 1.807) is 30.3 Å². The lowest BCUT2D eigenvalue weighted by Crippen LogP contribution is -2.24. The molecule has 0 spiro atoms. The van der Waals surface area contributed by atoms with E-state index >= 15 is 0 Å². The molecule has 4 nitrogen and oxygen atoms in total. The fraction of sp³-hybridized carbons (Fsp3) is 0.0588. The molecule has 0 saturated heterocycles. The molecule has 0 radical (unpaired) electrons. The van der Waals surface area contributed by atoms with Crippen LogP contribution in [0.1, 0.15) is 5.56 Å². The van der Waals surface area contributed by atoms with Gasteiger partial charge < -0.3 is 4.74 Å². The van der Waals surface area contributed by atoms with Crippen LogP contribution in [0, 0.1) is 0 Å². The van der Waals surface area contributed by atoms with Crippen molar-refractivity contribution >= 4 is 29.8 Å². The van der Waals surface area contributed by atoms with Gasteiger partial charge in [0.25, 0.3) is 5.91 Å². The molecular formula is C17H15ClN2O2. The Kier molecular flexibility index (Phi) is 6.20. The van der Waals surface area contributed by atoms with Crippen LogP contribution in [0.3, 0.4) is 0 Å². The monoisotopic (exact) mass is 314 g/mol. The third-order valence-corrected chi connectivity index (χ3v) is 2.84. The summed E-state index contributed by atoms with van der Waals surface area (Å²) >= 11 is 5.82. The van der Waals surface area contributed by atoms with Crippen LogP contribution in [-0.4, -0.2) is 18.7 Å². The van der Waals surface area contributed by atoms with Gasteiger partial charge in [0.2, 0.25) is 0 Å². The first-order chi connectivity index (χ1) is 10.7. The Morgan fingerprint density at radius 2 is 2.00 bits per heavy atom. The zero-order valence-corrected chi connectivity index (χ0v) is 12.5. The number of nitrogens with zero attached hydrogens (tertiary/aromatic N) is 1. The number of hydrazone groups is 1. The van der Waals surface area contributed by atoms with E-state index < -0.39 is 0 Å². The molecule has 0 aromatic heterocycles. The number of carbonyl (C=O) groups excluding carboxylic acids is 1. The van der Waals surface area contributed by atoms with E-state index in [0.29, 0.717) is 10.8 Å². The highest BCUT2D eigenvalue weighted by Crippen LogP contribution is 2.16. The van der Waals surface area contributed by atoms with Crippen molar-refractivity contribution in [2.45, 2.75) is 0 Å². The van der Waals surface area contributed by atoms with Crippen molar-refractivity contribution in [2.24, 2.45) is 5.10 Å². The minimum absolute atomic E-state index is 0.125. The standard InChI is InChI=1S/C17H15ClN2O2/c18-15-9-4-10-16(12-15)22-13-17(21)20-19-11-5-8-14-6-2-1-3-7-14/h1-12H,13H2,(H,20,21)/b8-5+,19-11?. The van der Waals surface area contributed by atoms with E-state index in [2.05, 4.69) is 10.5 Å². The molecular weight excluding hydrogens is 300 g/mol. The molecule has 2 rings (SSSR count). The van der Waals surface area contributed by atoms with Gasteiger partial charge in [-0.1, -0.05) is 54.1 Å². The lowest BCUT2D eigenvalue weighted by molar-refractivity contribution is -0.123. The first kappa shape index (κ1) is 15.8. The molecule has 0 atom stereocenters. The minimum Gasteiger partial charge on any atom is -0.484 e. The molecule has 0 fully saturated rings. The molecule has 1 N–H and O–H groups in total. The number of ether oxygens (including phenoxy) is 1. The average molecular weight is 315 g/mol. The van der Waals surface area contributed by atoms with Gasteiger partial charge in [0.1, 0.15) is 5.75 Å². The van der Waals surface area contributed by atoms with Crippen LogP contribution in [0.4, 0.5) is 0 Å². The number of hydrogen-bond acceptors (Lipinski definition) is 3. The summed E-state index contributed by atoms with van der Waals surface area (Å²) in [5, 5.41) is 4.36. The summed E-state index contributed by atoms with van der Waals surface area (Å²) < 4.78 is 5.29. The van der Waals surface area contributed by atoms with E-state index in [0.717, 1.165) is 5.56 Å². The molecule has 0 heterocycles. The van der Waals surface area contributed by atoms with Gasteiger partial charge in [-0.2, -0.15) is 5.10 Å². The van der Waals surface area contributed by atoms with E-state index in [9.17, 15) is 4.79 Å². The Hall–Kier alpha value is -2.59. The maximum Gasteiger partial charge on any atom is 0.277 e. The number of rotatable bonds is 6. The van der Waals surface area contributed by atoms with Crippen molar-refractivity contribution in [1.29, 1.82) is 0 Å². The lowest BCUT2D eigenvalue weighted by Gasteiger charge is -2.04. The number of hydrogen-bond donors (Lipinski definition) is 1. The topological polar surface area (TPSA) is 50.7 Å². The second kappa shape index (κ2) is 8.64. The molecule has 112 valence electrons. The third kappa shape index (κ3) is 5.81. The summed E-state index contributed by atoms with van der Waals surface area (Å²) in [6.07, 6.45) is 5.13. The second-order valence-electron chi connectivity index (χ2n) is 4.33.